The molecule has 1 aromatic rings. The summed E-state index contributed by atoms with van der Waals surface area (Å²) in [4.78, 5) is 4.48. The van der Waals surface area contributed by atoms with Gasteiger partial charge in [-0.2, -0.15) is 0 Å². The van der Waals surface area contributed by atoms with Gasteiger partial charge in [0, 0.05) is 22.6 Å². The maximum absolute atomic E-state index is 4.48. The topological polar surface area (TPSA) is 24.9 Å². The Morgan fingerprint density at radius 3 is 2.47 bits per heavy atom. The van der Waals surface area contributed by atoms with E-state index in [0.29, 0.717) is 17.9 Å². The maximum atomic E-state index is 4.48. The van der Waals surface area contributed by atoms with Crippen molar-refractivity contribution in [2.45, 2.75) is 32.7 Å². The molecule has 0 aliphatic heterocycles. The van der Waals surface area contributed by atoms with E-state index >= 15 is 0 Å². The van der Waals surface area contributed by atoms with Crippen LogP contribution in [-0.2, 0) is 0 Å². The molecule has 0 radical (unpaired) electrons. The summed E-state index contributed by atoms with van der Waals surface area (Å²) >= 11 is 3.57. The number of hydrogen-bond donors (Lipinski definition) is 1. The second-order valence-electron chi connectivity index (χ2n) is 4.22. The predicted molar refractivity (Wildman–Crippen MR) is 68.0 cm³/mol. The largest absolute Gasteiger partial charge is 0.317 e. The molecular weight excluding hydrogens is 252 g/mol. The summed E-state index contributed by atoms with van der Waals surface area (Å²) < 4.78 is 1.10. The molecule has 2 unspecified atom stereocenters. The average molecular weight is 271 g/mol. The fourth-order valence-electron chi connectivity index (χ4n) is 1.95. The van der Waals surface area contributed by atoms with E-state index in [1.807, 2.05) is 19.3 Å². The molecule has 2 atom stereocenters. The van der Waals surface area contributed by atoms with Crippen molar-refractivity contribution in [3.63, 3.8) is 0 Å². The summed E-state index contributed by atoms with van der Waals surface area (Å²) in [5, 5.41) is 3.31. The van der Waals surface area contributed by atoms with Gasteiger partial charge in [0.15, 0.2) is 0 Å². The third-order valence-corrected chi connectivity index (χ3v) is 3.49. The van der Waals surface area contributed by atoms with Crippen molar-refractivity contribution >= 4 is 15.9 Å². The number of nitrogens with zero attached hydrogens (tertiary/aromatic N) is 1. The number of halogens is 1. The number of rotatable bonds is 4. The minimum absolute atomic E-state index is 0.427. The van der Waals surface area contributed by atoms with Gasteiger partial charge >= 0.3 is 0 Å². The van der Waals surface area contributed by atoms with Crippen molar-refractivity contribution in [2.24, 2.45) is 5.92 Å². The molecule has 0 amide bonds. The van der Waals surface area contributed by atoms with Crippen molar-refractivity contribution < 1.29 is 0 Å². The Bertz CT molecular complexity index is 312. The first kappa shape index (κ1) is 12.7. The fraction of sp³-hybridized carbons (Fsp3) is 0.583. The van der Waals surface area contributed by atoms with Gasteiger partial charge in [-0.3, -0.25) is 4.98 Å². The standard InChI is InChI=1S/C12H19BrN2/c1-8(2)11(9(3)14-4)12-10(13)6-5-7-15-12/h5-9,11,14H,1-4H3. The molecule has 1 heterocycles. The van der Waals surface area contributed by atoms with E-state index in [2.05, 4.69) is 53.1 Å². The van der Waals surface area contributed by atoms with Crippen LogP contribution in [0.1, 0.15) is 32.4 Å². The van der Waals surface area contributed by atoms with Gasteiger partial charge in [0.2, 0.25) is 0 Å². The molecule has 3 heteroatoms. The lowest BCUT2D eigenvalue weighted by Gasteiger charge is -2.27. The molecule has 0 spiro atoms. The maximum Gasteiger partial charge on any atom is 0.0594 e. The van der Waals surface area contributed by atoms with Crippen LogP contribution in [0.5, 0.6) is 0 Å². The van der Waals surface area contributed by atoms with Gasteiger partial charge in [-0.05, 0) is 48.0 Å². The molecule has 0 fully saturated rings. The lowest BCUT2D eigenvalue weighted by Crippen LogP contribution is -2.32. The molecule has 0 aliphatic carbocycles. The number of likely N-dealkylation sites (N-methyl/N-ethyl adjacent to an activating group) is 1. The average Bonchev–Trinajstić information content (AvgIpc) is 2.20. The van der Waals surface area contributed by atoms with Crippen LogP contribution in [0.15, 0.2) is 22.8 Å². The third kappa shape index (κ3) is 3.02. The number of aromatic nitrogens is 1. The molecular formula is C12H19BrN2. The lowest BCUT2D eigenvalue weighted by molar-refractivity contribution is 0.387. The van der Waals surface area contributed by atoms with Crippen LogP contribution in [0.25, 0.3) is 0 Å². The minimum Gasteiger partial charge on any atom is -0.317 e. The predicted octanol–water partition coefficient (Wildman–Crippen LogP) is 3.19. The van der Waals surface area contributed by atoms with E-state index < -0.39 is 0 Å². The normalized spacial score (nSPS) is 15.3. The van der Waals surface area contributed by atoms with E-state index in [1.54, 1.807) is 0 Å². The molecule has 0 bridgehead atoms. The van der Waals surface area contributed by atoms with Crippen LogP contribution < -0.4 is 5.32 Å². The number of hydrogen-bond acceptors (Lipinski definition) is 2. The highest BCUT2D eigenvalue weighted by Crippen LogP contribution is 2.31. The number of nitrogens with one attached hydrogen (secondary N) is 1. The van der Waals surface area contributed by atoms with E-state index in [1.165, 1.54) is 0 Å². The molecule has 84 valence electrons. The zero-order chi connectivity index (χ0) is 11.4. The van der Waals surface area contributed by atoms with Gasteiger partial charge < -0.3 is 5.32 Å². The van der Waals surface area contributed by atoms with E-state index in [0.717, 1.165) is 10.2 Å². The summed E-state index contributed by atoms with van der Waals surface area (Å²) in [7, 11) is 2.00. The Morgan fingerprint density at radius 1 is 1.33 bits per heavy atom. The van der Waals surface area contributed by atoms with Crippen LogP contribution in [0.4, 0.5) is 0 Å². The van der Waals surface area contributed by atoms with E-state index in [9.17, 15) is 0 Å². The quantitative estimate of drug-likeness (QED) is 0.909. The SMILES string of the molecule is CNC(C)C(c1ncccc1Br)C(C)C. The van der Waals surface area contributed by atoms with Gasteiger partial charge in [-0.1, -0.05) is 13.8 Å². The zero-order valence-electron chi connectivity index (χ0n) is 9.79. The lowest BCUT2D eigenvalue weighted by atomic mass is 9.86. The van der Waals surface area contributed by atoms with Gasteiger partial charge in [-0.15, -0.1) is 0 Å². The number of pyridine rings is 1. The molecule has 0 aromatic carbocycles. The first-order valence-corrected chi connectivity index (χ1v) is 6.15. The zero-order valence-corrected chi connectivity index (χ0v) is 11.4. The monoisotopic (exact) mass is 270 g/mol. The molecule has 1 N–H and O–H groups in total. The second kappa shape index (κ2) is 5.61. The molecule has 0 aliphatic rings. The molecule has 0 saturated heterocycles. The minimum atomic E-state index is 0.427. The smallest absolute Gasteiger partial charge is 0.0594 e. The Kier molecular flexibility index (Phi) is 4.74. The summed E-state index contributed by atoms with van der Waals surface area (Å²) in [5.41, 5.74) is 1.15. The highest BCUT2D eigenvalue weighted by atomic mass is 79.9. The van der Waals surface area contributed by atoms with E-state index in [4.69, 9.17) is 0 Å². The van der Waals surface area contributed by atoms with Crippen molar-refractivity contribution in [3.05, 3.63) is 28.5 Å². The Balaban J connectivity index is 3.04. The Morgan fingerprint density at radius 2 is 2.00 bits per heavy atom. The van der Waals surface area contributed by atoms with Crippen LogP contribution in [0.2, 0.25) is 0 Å². The van der Waals surface area contributed by atoms with Crippen molar-refractivity contribution in [3.8, 4) is 0 Å². The Labute approximate surface area is 101 Å². The summed E-state index contributed by atoms with van der Waals surface area (Å²) in [6.07, 6.45) is 1.86. The molecule has 1 rings (SSSR count). The summed E-state index contributed by atoms with van der Waals surface area (Å²) in [5.74, 6) is 1.00. The Hall–Kier alpha value is -0.410. The first-order chi connectivity index (χ1) is 7.07. The third-order valence-electron chi connectivity index (χ3n) is 2.81. The second-order valence-corrected chi connectivity index (χ2v) is 5.07. The van der Waals surface area contributed by atoms with Crippen molar-refractivity contribution in [1.82, 2.24) is 10.3 Å². The van der Waals surface area contributed by atoms with Gasteiger partial charge in [0.1, 0.15) is 0 Å². The van der Waals surface area contributed by atoms with Gasteiger partial charge in [-0.25, -0.2) is 0 Å². The molecule has 15 heavy (non-hydrogen) atoms. The fourth-order valence-corrected chi connectivity index (χ4v) is 2.47. The van der Waals surface area contributed by atoms with Gasteiger partial charge in [0.25, 0.3) is 0 Å². The van der Waals surface area contributed by atoms with Gasteiger partial charge in [0.05, 0.1) is 5.69 Å². The van der Waals surface area contributed by atoms with Crippen LogP contribution in [-0.4, -0.2) is 18.1 Å². The molecule has 1 aromatic heterocycles. The highest BCUT2D eigenvalue weighted by molar-refractivity contribution is 9.10. The van der Waals surface area contributed by atoms with Crippen molar-refractivity contribution in [2.75, 3.05) is 7.05 Å². The van der Waals surface area contributed by atoms with E-state index in [-0.39, 0.29) is 0 Å². The first-order valence-electron chi connectivity index (χ1n) is 5.35. The highest BCUT2D eigenvalue weighted by Gasteiger charge is 2.24. The van der Waals surface area contributed by atoms with Crippen molar-refractivity contribution in [1.29, 1.82) is 0 Å². The summed E-state index contributed by atoms with van der Waals surface area (Å²) in [6, 6.07) is 4.44. The molecule has 0 saturated carbocycles. The van der Waals surface area contributed by atoms with Crippen LogP contribution in [0, 0.1) is 5.92 Å². The van der Waals surface area contributed by atoms with Crippen LogP contribution >= 0.6 is 15.9 Å². The summed E-state index contributed by atoms with van der Waals surface area (Å²) in [6.45, 7) is 6.67. The van der Waals surface area contributed by atoms with Crippen LogP contribution in [0.3, 0.4) is 0 Å². The molecule has 2 nitrogen and oxygen atoms in total.